The molecule has 3 heterocycles. The van der Waals surface area contributed by atoms with Crippen LogP contribution in [0.15, 0.2) is 47.7 Å². The Balaban J connectivity index is 0.00000363. The molecule has 1 unspecified atom stereocenters. The second kappa shape index (κ2) is 13.4. The van der Waals surface area contributed by atoms with Crippen molar-refractivity contribution in [3.8, 4) is 0 Å². The molecule has 0 aliphatic carbocycles. The number of amides is 1. The average molecular weight is 572 g/mol. The quantitative estimate of drug-likeness (QED) is 0.288. The number of aromatic nitrogens is 2. The minimum Gasteiger partial charge on any atom is -0.357 e. The van der Waals surface area contributed by atoms with Crippen LogP contribution in [0.25, 0.3) is 0 Å². The van der Waals surface area contributed by atoms with E-state index in [1.165, 1.54) is 0 Å². The number of aliphatic imine (C=N–C) groups is 1. The molecule has 10 heteroatoms. The van der Waals surface area contributed by atoms with Crippen molar-refractivity contribution in [2.45, 2.75) is 25.8 Å². The Labute approximate surface area is 211 Å². The summed E-state index contributed by atoms with van der Waals surface area (Å²) in [6, 6.07) is 9.69. The Kier molecular flexibility index (Phi) is 10.9. The fourth-order valence-corrected chi connectivity index (χ4v) is 3.66. The summed E-state index contributed by atoms with van der Waals surface area (Å²) in [6.07, 6.45) is 5.18. The van der Waals surface area contributed by atoms with E-state index in [1.54, 1.807) is 24.3 Å². The minimum atomic E-state index is -0.0264. The van der Waals surface area contributed by atoms with Gasteiger partial charge in [0.05, 0.1) is 5.02 Å². The van der Waals surface area contributed by atoms with E-state index in [0.29, 0.717) is 17.5 Å². The van der Waals surface area contributed by atoms with Crippen LogP contribution in [0.4, 0.5) is 5.82 Å². The van der Waals surface area contributed by atoms with Crippen LogP contribution < -0.4 is 15.5 Å². The number of guanidine groups is 1. The number of carbonyl (C=O) groups excluding carboxylic acids is 1. The van der Waals surface area contributed by atoms with Gasteiger partial charge in [-0.2, -0.15) is 0 Å². The molecule has 1 atom stereocenters. The van der Waals surface area contributed by atoms with Gasteiger partial charge in [0, 0.05) is 63.8 Å². The Hall–Kier alpha value is -2.14. The third-order valence-electron chi connectivity index (χ3n) is 5.14. The average Bonchev–Trinajstić information content (AvgIpc) is 3.25. The monoisotopic (exact) mass is 571 g/mol. The molecule has 8 nitrogen and oxygen atoms in total. The highest BCUT2D eigenvalue weighted by Crippen LogP contribution is 2.25. The molecule has 0 spiro atoms. The van der Waals surface area contributed by atoms with Gasteiger partial charge in [-0.3, -0.25) is 9.78 Å². The zero-order valence-electron chi connectivity index (χ0n) is 18.5. The summed E-state index contributed by atoms with van der Waals surface area (Å²) in [5.41, 5.74) is 0.972. The molecule has 0 bridgehead atoms. The fraction of sp³-hybridized carbons (Fsp3) is 0.455. The molecule has 0 saturated carbocycles. The number of rotatable bonds is 8. The lowest BCUT2D eigenvalue weighted by molar-refractivity contribution is -0.128. The fourth-order valence-electron chi connectivity index (χ4n) is 3.41. The topological polar surface area (TPSA) is 85.8 Å². The van der Waals surface area contributed by atoms with Crippen LogP contribution in [0.2, 0.25) is 5.02 Å². The second-order valence-corrected chi connectivity index (χ2v) is 7.87. The van der Waals surface area contributed by atoms with Gasteiger partial charge in [-0.1, -0.05) is 17.7 Å². The van der Waals surface area contributed by atoms with Crippen LogP contribution in [0, 0.1) is 0 Å². The Morgan fingerprint density at radius 2 is 2.09 bits per heavy atom. The molecule has 1 fully saturated rings. The highest BCUT2D eigenvalue weighted by molar-refractivity contribution is 14.0. The maximum Gasteiger partial charge on any atom is 0.244 e. The summed E-state index contributed by atoms with van der Waals surface area (Å²) >= 11 is 6.28. The van der Waals surface area contributed by atoms with Crippen molar-refractivity contribution in [3.63, 3.8) is 0 Å². The molecule has 1 aliphatic rings. The largest absolute Gasteiger partial charge is 0.357 e. The number of halogens is 2. The number of nitrogens with one attached hydrogen (secondary N) is 2. The highest BCUT2D eigenvalue weighted by Gasteiger charge is 2.25. The molecule has 2 aromatic rings. The number of hydrogen-bond acceptors (Lipinski definition) is 5. The van der Waals surface area contributed by atoms with Gasteiger partial charge >= 0.3 is 0 Å². The third kappa shape index (κ3) is 7.77. The molecule has 1 amide bonds. The number of carbonyl (C=O) groups is 1. The maximum absolute atomic E-state index is 12.5. The number of nitrogens with zero attached hydrogens (tertiary/aromatic N) is 5. The van der Waals surface area contributed by atoms with E-state index in [4.69, 9.17) is 11.6 Å². The summed E-state index contributed by atoms with van der Waals surface area (Å²) in [5.74, 6) is 1.43. The van der Waals surface area contributed by atoms with Crippen molar-refractivity contribution in [3.05, 3.63) is 53.4 Å². The molecule has 2 aromatic heterocycles. The van der Waals surface area contributed by atoms with E-state index in [1.807, 2.05) is 37.3 Å². The standard InChI is InChI=1S/C22H30ClN7O.HI/c1-3-24-22(27-15-20(31)29(2)13-9-17-7-4-5-11-25-17)28-18-10-14-30(16-18)21-19(23)8-6-12-26-21;/h4-8,11-12,18H,3,9-10,13-16H2,1-2H3,(H2,24,27,28);1H. The lowest BCUT2D eigenvalue weighted by Crippen LogP contribution is -2.45. The molecule has 0 radical (unpaired) electrons. The van der Waals surface area contributed by atoms with Crippen molar-refractivity contribution < 1.29 is 4.79 Å². The second-order valence-electron chi connectivity index (χ2n) is 7.47. The molecule has 2 N–H and O–H groups in total. The van der Waals surface area contributed by atoms with E-state index in [2.05, 4.69) is 30.5 Å². The number of anilines is 1. The van der Waals surface area contributed by atoms with Gasteiger partial charge in [0.1, 0.15) is 12.4 Å². The SMILES string of the molecule is CCNC(=NCC(=O)N(C)CCc1ccccn1)NC1CCN(c2ncccc2Cl)C1.I. The van der Waals surface area contributed by atoms with Gasteiger partial charge in [0.15, 0.2) is 5.96 Å². The van der Waals surface area contributed by atoms with Crippen molar-refractivity contribution >= 4 is 53.3 Å². The Bertz CT molecular complexity index is 884. The zero-order chi connectivity index (χ0) is 22.1. The van der Waals surface area contributed by atoms with Crippen LogP contribution in [0.3, 0.4) is 0 Å². The normalized spacial score (nSPS) is 15.8. The molecular formula is C22H31ClIN7O. The minimum absolute atomic E-state index is 0. The first-order valence-corrected chi connectivity index (χ1v) is 11.0. The smallest absolute Gasteiger partial charge is 0.244 e. The number of pyridine rings is 2. The predicted octanol–water partition coefficient (Wildman–Crippen LogP) is 2.58. The van der Waals surface area contributed by atoms with Gasteiger partial charge in [-0.15, -0.1) is 24.0 Å². The van der Waals surface area contributed by atoms with Crippen molar-refractivity contribution in [2.75, 3.05) is 44.7 Å². The van der Waals surface area contributed by atoms with E-state index in [0.717, 1.165) is 44.0 Å². The zero-order valence-corrected chi connectivity index (χ0v) is 21.6. The van der Waals surface area contributed by atoms with E-state index in [9.17, 15) is 4.79 Å². The molecule has 1 saturated heterocycles. The lowest BCUT2D eigenvalue weighted by Gasteiger charge is -2.20. The summed E-state index contributed by atoms with van der Waals surface area (Å²) in [5, 5.41) is 7.32. The highest BCUT2D eigenvalue weighted by atomic mass is 127. The van der Waals surface area contributed by atoms with Gasteiger partial charge < -0.3 is 20.4 Å². The lowest BCUT2D eigenvalue weighted by atomic mass is 10.2. The van der Waals surface area contributed by atoms with Crippen LogP contribution >= 0.6 is 35.6 Å². The molecular weight excluding hydrogens is 541 g/mol. The van der Waals surface area contributed by atoms with Crippen LogP contribution in [-0.2, 0) is 11.2 Å². The van der Waals surface area contributed by atoms with Crippen molar-refractivity contribution in [1.82, 2.24) is 25.5 Å². The molecule has 3 rings (SSSR count). The molecule has 32 heavy (non-hydrogen) atoms. The van der Waals surface area contributed by atoms with Gasteiger partial charge in [0.25, 0.3) is 0 Å². The predicted molar refractivity (Wildman–Crippen MR) is 140 cm³/mol. The third-order valence-corrected chi connectivity index (χ3v) is 5.43. The molecule has 1 aliphatic heterocycles. The van der Waals surface area contributed by atoms with E-state index in [-0.39, 0.29) is 42.5 Å². The van der Waals surface area contributed by atoms with Crippen LogP contribution in [0.5, 0.6) is 0 Å². The van der Waals surface area contributed by atoms with Gasteiger partial charge in [0.2, 0.25) is 5.91 Å². The van der Waals surface area contributed by atoms with Crippen molar-refractivity contribution in [1.29, 1.82) is 0 Å². The van der Waals surface area contributed by atoms with Gasteiger partial charge in [-0.05, 0) is 37.6 Å². The first-order chi connectivity index (χ1) is 15.1. The summed E-state index contributed by atoms with van der Waals surface area (Å²) in [6.45, 7) is 5.07. The Morgan fingerprint density at radius 1 is 1.28 bits per heavy atom. The maximum atomic E-state index is 12.5. The first-order valence-electron chi connectivity index (χ1n) is 10.6. The van der Waals surface area contributed by atoms with Crippen LogP contribution in [-0.4, -0.2) is 72.5 Å². The first kappa shape index (κ1) is 26.1. The summed E-state index contributed by atoms with van der Waals surface area (Å²) in [7, 11) is 1.80. The van der Waals surface area contributed by atoms with Crippen molar-refractivity contribution in [2.24, 2.45) is 4.99 Å². The van der Waals surface area contributed by atoms with Gasteiger partial charge in [-0.25, -0.2) is 9.98 Å². The van der Waals surface area contributed by atoms with E-state index >= 15 is 0 Å². The molecule has 174 valence electrons. The van der Waals surface area contributed by atoms with E-state index < -0.39 is 0 Å². The Morgan fingerprint density at radius 3 is 2.81 bits per heavy atom. The summed E-state index contributed by atoms with van der Waals surface area (Å²) in [4.78, 5) is 29.5. The van der Waals surface area contributed by atoms with Crippen LogP contribution in [0.1, 0.15) is 19.0 Å². The number of hydrogen-bond donors (Lipinski definition) is 2. The molecule has 0 aromatic carbocycles. The number of likely N-dealkylation sites (N-methyl/N-ethyl adjacent to an activating group) is 1. The summed E-state index contributed by atoms with van der Waals surface area (Å²) < 4.78 is 0.